The number of sulfonamides is 1. The fourth-order valence-electron chi connectivity index (χ4n) is 2.90. The zero-order chi connectivity index (χ0) is 19.3. The Hall–Kier alpha value is -1.57. The molecule has 0 heterocycles. The number of nitrogens with zero attached hydrogens (tertiary/aromatic N) is 1. The second-order valence-electron chi connectivity index (χ2n) is 6.48. The van der Waals surface area contributed by atoms with E-state index in [9.17, 15) is 13.2 Å². The van der Waals surface area contributed by atoms with Crippen LogP contribution in [0.2, 0.25) is 0 Å². The van der Waals surface area contributed by atoms with Crippen molar-refractivity contribution in [1.82, 2.24) is 4.72 Å². The number of hydrogen-bond donors (Lipinski definition) is 1. The fraction of sp³-hybridized carbons (Fsp3) is 0.421. The normalized spacial score (nSPS) is 12.9. The number of carbonyl (C=O) groups excluding carboxylic acids is 1. The quantitative estimate of drug-likeness (QED) is 0.693. The minimum atomic E-state index is -3.59. The third kappa shape index (κ3) is 5.22. The fourth-order valence-corrected chi connectivity index (χ4v) is 5.05. The maximum absolute atomic E-state index is 12.8. The Balaban J connectivity index is 2.14. The second-order valence-corrected chi connectivity index (χ2v) is 9.83. The van der Waals surface area contributed by atoms with Crippen molar-refractivity contribution < 1.29 is 13.2 Å². The summed E-state index contributed by atoms with van der Waals surface area (Å²) in [5.41, 5.74) is 0.981. The van der Waals surface area contributed by atoms with Crippen LogP contribution in [0.4, 0.5) is 5.69 Å². The number of hydrogen-bond acceptors (Lipinski definition) is 5. The maximum atomic E-state index is 12.8. The van der Waals surface area contributed by atoms with E-state index in [-0.39, 0.29) is 10.4 Å². The summed E-state index contributed by atoms with van der Waals surface area (Å²) in [5, 5.41) is 1.90. The van der Waals surface area contributed by atoms with E-state index in [1.807, 2.05) is 50.2 Å². The molecule has 0 bridgehead atoms. The van der Waals surface area contributed by atoms with Crippen LogP contribution in [0.3, 0.4) is 0 Å². The third-order valence-corrected chi connectivity index (χ3v) is 6.57. The van der Waals surface area contributed by atoms with Crippen LogP contribution in [0.1, 0.15) is 26.7 Å². The molecule has 2 rings (SSSR count). The lowest BCUT2D eigenvalue weighted by Crippen LogP contribution is -2.25. The molecule has 0 aliphatic carbocycles. The van der Waals surface area contributed by atoms with Crippen LogP contribution in [0, 0.1) is 0 Å². The zero-order valence-corrected chi connectivity index (χ0v) is 17.3. The Labute approximate surface area is 160 Å². The van der Waals surface area contributed by atoms with Crippen molar-refractivity contribution in [1.29, 1.82) is 0 Å². The Kier molecular flexibility index (Phi) is 7.08. The number of nitrogens with one attached hydrogen (secondary N) is 1. The molecule has 1 N–H and O–H groups in total. The standard InChI is InChI=1S/C19H26N2O3S2/c1-14(25-15(2)22)8-7-13-20-26(23,24)19-12-6-9-16-17(19)10-5-11-18(16)21(3)4/h5-6,9-12,14,20H,7-8,13H2,1-4H3. The number of rotatable bonds is 8. The number of benzene rings is 2. The predicted octanol–water partition coefficient (Wildman–Crippen LogP) is 3.63. The van der Waals surface area contributed by atoms with Crippen LogP contribution in [-0.2, 0) is 14.8 Å². The highest BCUT2D eigenvalue weighted by Crippen LogP contribution is 2.30. The van der Waals surface area contributed by atoms with E-state index in [0.29, 0.717) is 23.2 Å². The molecule has 0 aromatic heterocycles. The molecule has 0 fully saturated rings. The SMILES string of the molecule is CC(=O)SC(C)CCCNS(=O)(=O)c1cccc2c(N(C)C)cccc12. The van der Waals surface area contributed by atoms with Crippen molar-refractivity contribution in [3.05, 3.63) is 36.4 Å². The van der Waals surface area contributed by atoms with Gasteiger partial charge in [-0.1, -0.05) is 43.0 Å². The summed E-state index contributed by atoms with van der Waals surface area (Å²) in [4.78, 5) is 13.3. The van der Waals surface area contributed by atoms with Gasteiger partial charge in [0.25, 0.3) is 0 Å². The number of thioether (sulfide) groups is 1. The van der Waals surface area contributed by atoms with Gasteiger partial charge in [-0.2, -0.15) is 0 Å². The molecule has 2 aromatic carbocycles. The van der Waals surface area contributed by atoms with Gasteiger partial charge in [-0.25, -0.2) is 13.1 Å². The summed E-state index contributed by atoms with van der Waals surface area (Å²) in [6, 6.07) is 11.0. The van der Waals surface area contributed by atoms with Gasteiger partial charge in [-0.3, -0.25) is 4.79 Å². The van der Waals surface area contributed by atoms with Gasteiger partial charge in [0, 0.05) is 49.3 Å². The van der Waals surface area contributed by atoms with Crippen molar-refractivity contribution >= 4 is 43.4 Å². The minimum absolute atomic E-state index is 0.0885. The minimum Gasteiger partial charge on any atom is -0.377 e. The van der Waals surface area contributed by atoms with Crippen molar-refractivity contribution in [2.45, 2.75) is 36.8 Å². The van der Waals surface area contributed by atoms with Crippen LogP contribution >= 0.6 is 11.8 Å². The van der Waals surface area contributed by atoms with Crippen LogP contribution in [-0.4, -0.2) is 39.4 Å². The first-order valence-corrected chi connectivity index (χ1v) is 10.9. The average molecular weight is 395 g/mol. The Bertz CT molecular complexity index is 879. The summed E-state index contributed by atoms with van der Waals surface area (Å²) in [6.45, 7) is 3.88. The molecule has 0 saturated carbocycles. The highest BCUT2D eigenvalue weighted by molar-refractivity contribution is 8.14. The molecule has 1 unspecified atom stereocenters. The van der Waals surface area contributed by atoms with Gasteiger partial charge in [0.05, 0.1) is 4.90 Å². The molecule has 7 heteroatoms. The van der Waals surface area contributed by atoms with Crippen LogP contribution in [0.5, 0.6) is 0 Å². The first kappa shape index (κ1) is 20.7. The lowest BCUT2D eigenvalue weighted by Gasteiger charge is -2.17. The number of carbonyl (C=O) groups is 1. The summed E-state index contributed by atoms with van der Waals surface area (Å²) >= 11 is 1.29. The van der Waals surface area contributed by atoms with Crippen LogP contribution < -0.4 is 9.62 Å². The first-order valence-electron chi connectivity index (χ1n) is 8.58. The van der Waals surface area contributed by atoms with Crippen LogP contribution in [0.25, 0.3) is 10.8 Å². The van der Waals surface area contributed by atoms with E-state index >= 15 is 0 Å². The average Bonchev–Trinajstić information content (AvgIpc) is 2.57. The summed E-state index contributed by atoms with van der Waals surface area (Å²) in [6.07, 6.45) is 1.47. The van der Waals surface area contributed by atoms with Crippen LogP contribution in [0.15, 0.2) is 41.3 Å². The van der Waals surface area contributed by atoms with Gasteiger partial charge in [-0.05, 0) is 25.0 Å². The number of anilines is 1. The monoisotopic (exact) mass is 394 g/mol. The van der Waals surface area contributed by atoms with E-state index in [1.54, 1.807) is 19.1 Å². The maximum Gasteiger partial charge on any atom is 0.241 e. The summed E-state index contributed by atoms with van der Waals surface area (Å²) < 4.78 is 28.2. The highest BCUT2D eigenvalue weighted by atomic mass is 32.2. The smallest absolute Gasteiger partial charge is 0.241 e. The molecular weight excluding hydrogens is 368 g/mol. The first-order chi connectivity index (χ1) is 12.2. The predicted molar refractivity (Wildman–Crippen MR) is 110 cm³/mol. The Morgan fingerprint density at radius 1 is 1.15 bits per heavy atom. The molecular formula is C19H26N2O3S2. The zero-order valence-electron chi connectivity index (χ0n) is 15.7. The molecule has 0 amide bonds. The highest BCUT2D eigenvalue weighted by Gasteiger charge is 2.18. The molecule has 2 aromatic rings. The lowest BCUT2D eigenvalue weighted by atomic mass is 10.1. The molecule has 0 saturated heterocycles. The Morgan fingerprint density at radius 2 is 1.81 bits per heavy atom. The molecule has 0 aliphatic rings. The summed E-state index contributed by atoms with van der Waals surface area (Å²) in [5.74, 6) is 0. The van der Waals surface area contributed by atoms with E-state index in [1.165, 1.54) is 11.8 Å². The van der Waals surface area contributed by atoms with Gasteiger partial charge in [0.2, 0.25) is 10.0 Å². The molecule has 142 valence electrons. The largest absolute Gasteiger partial charge is 0.377 e. The Morgan fingerprint density at radius 3 is 2.46 bits per heavy atom. The molecule has 0 spiro atoms. The van der Waals surface area contributed by atoms with E-state index < -0.39 is 10.0 Å². The van der Waals surface area contributed by atoms with Crippen molar-refractivity contribution in [3.63, 3.8) is 0 Å². The van der Waals surface area contributed by atoms with Gasteiger partial charge >= 0.3 is 0 Å². The van der Waals surface area contributed by atoms with Crippen molar-refractivity contribution in [3.8, 4) is 0 Å². The molecule has 0 aliphatic heterocycles. The third-order valence-electron chi connectivity index (χ3n) is 4.08. The van der Waals surface area contributed by atoms with E-state index in [4.69, 9.17) is 0 Å². The summed E-state index contributed by atoms with van der Waals surface area (Å²) in [7, 11) is 0.285. The van der Waals surface area contributed by atoms with Gasteiger partial charge in [0.15, 0.2) is 5.12 Å². The molecule has 1 atom stereocenters. The molecule has 0 radical (unpaired) electrons. The molecule has 5 nitrogen and oxygen atoms in total. The van der Waals surface area contributed by atoms with Gasteiger partial charge in [0.1, 0.15) is 0 Å². The van der Waals surface area contributed by atoms with E-state index in [2.05, 4.69) is 4.72 Å². The van der Waals surface area contributed by atoms with Gasteiger partial charge < -0.3 is 4.90 Å². The lowest BCUT2D eigenvalue weighted by molar-refractivity contribution is -0.109. The van der Waals surface area contributed by atoms with E-state index in [0.717, 1.165) is 17.5 Å². The van der Waals surface area contributed by atoms with Gasteiger partial charge in [-0.15, -0.1) is 0 Å². The van der Waals surface area contributed by atoms with Crippen molar-refractivity contribution in [2.24, 2.45) is 0 Å². The molecule has 26 heavy (non-hydrogen) atoms. The second kappa shape index (κ2) is 8.88. The topological polar surface area (TPSA) is 66.5 Å². The number of fused-ring (bicyclic) bond motifs is 1. The van der Waals surface area contributed by atoms with Crippen molar-refractivity contribution in [2.75, 3.05) is 25.5 Å².